The number of rotatable bonds is 7. The number of hydrogen-bond donors (Lipinski definition) is 1. The van der Waals surface area contributed by atoms with E-state index in [1.807, 2.05) is 12.1 Å². The molecule has 1 N–H and O–H groups in total. The van der Waals surface area contributed by atoms with Gasteiger partial charge in [-0.1, -0.05) is 28.9 Å². The number of nitrogens with zero attached hydrogens (tertiary/aromatic N) is 1. The van der Waals surface area contributed by atoms with Crippen LogP contribution in [0.15, 0.2) is 45.5 Å². The molecule has 0 aliphatic rings. The Kier molecular flexibility index (Phi) is 5.68. The largest absolute Gasteiger partial charge is 0.467 e. The zero-order chi connectivity index (χ0) is 14.4. The first-order chi connectivity index (χ1) is 9.70. The van der Waals surface area contributed by atoms with Crippen molar-refractivity contribution >= 4 is 21.6 Å². The lowest BCUT2D eigenvalue weighted by Gasteiger charge is -2.22. The van der Waals surface area contributed by atoms with Gasteiger partial charge in [-0.25, -0.2) is 0 Å². The van der Waals surface area contributed by atoms with Crippen LogP contribution < -0.4 is 10.2 Å². The molecule has 0 radical (unpaired) electrons. The van der Waals surface area contributed by atoms with Gasteiger partial charge < -0.3 is 14.6 Å². The number of benzene rings is 1. The first-order valence-electron chi connectivity index (χ1n) is 6.93. The SMILES string of the molecule is CCCNCc1ccc(Br)cc1N(C)Cc1ccco1. The van der Waals surface area contributed by atoms with E-state index in [0.717, 1.165) is 36.3 Å². The van der Waals surface area contributed by atoms with Crippen LogP contribution in [0.4, 0.5) is 5.69 Å². The van der Waals surface area contributed by atoms with Crippen molar-refractivity contribution in [2.24, 2.45) is 0 Å². The summed E-state index contributed by atoms with van der Waals surface area (Å²) < 4.78 is 6.52. The number of nitrogens with one attached hydrogen (secondary N) is 1. The van der Waals surface area contributed by atoms with Crippen LogP contribution in [0.1, 0.15) is 24.7 Å². The Morgan fingerprint density at radius 1 is 1.30 bits per heavy atom. The van der Waals surface area contributed by atoms with Crippen molar-refractivity contribution in [1.29, 1.82) is 0 Å². The third-order valence-electron chi connectivity index (χ3n) is 3.17. The van der Waals surface area contributed by atoms with Gasteiger partial charge in [0.2, 0.25) is 0 Å². The fourth-order valence-electron chi connectivity index (χ4n) is 2.16. The standard InChI is InChI=1S/C16H21BrN2O/c1-3-8-18-11-13-6-7-14(17)10-16(13)19(2)12-15-5-4-9-20-15/h4-7,9-10,18H,3,8,11-12H2,1-2H3. The smallest absolute Gasteiger partial charge is 0.123 e. The van der Waals surface area contributed by atoms with Crippen LogP contribution in [-0.2, 0) is 13.1 Å². The summed E-state index contributed by atoms with van der Waals surface area (Å²) in [6.45, 7) is 4.87. The Morgan fingerprint density at radius 3 is 2.85 bits per heavy atom. The van der Waals surface area contributed by atoms with Gasteiger partial charge >= 0.3 is 0 Å². The van der Waals surface area contributed by atoms with Crippen molar-refractivity contribution in [1.82, 2.24) is 5.32 Å². The molecule has 0 amide bonds. The van der Waals surface area contributed by atoms with Gasteiger partial charge in [-0.2, -0.15) is 0 Å². The average Bonchev–Trinajstić information content (AvgIpc) is 2.93. The van der Waals surface area contributed by atoms with E-state index in [2.05, 4.69) is 58.3 Å². The molecule has 3 nitrogen and oxygen atoms in total. The molecule has 2 aromatic rings. The van der Waals surface area contributed by atoms with Gasteiger partial charge in [0.1, 0.15) is 5.76 Å². The van der Waals surface area contributed by atoms with E-state index < -0.39 is 0 Å². The normalized spacial score (nSPS) is 10.8. The monoisotopic (exact) mass is 336 g/mol. The zero-order valence-electron chi connectivity index (χ0n) is 12.0. The molecule has 1 aromatic heterocycles. The van der Waals surface area contributed by atoms with Crippen LogP contribution in [0, 0.1) is 0 Å². The summed E-state index contributed by atoms with van der Waals surface area (Å²) in [7, 11) is 2.09. The molecule has 20 heavy (non-hydrogen) atoms. The minimum absolute atomic E-state index is 0.768. The highest BCUT2D eigenvalue weighted by Crippen LogP contribution is 2.25. The predicted molar refractivity (Wildman–Crippen MR) is 87.0 cm³/mol. The molecule has 0 atom stereocenters. The van der Waals surface area contributed by atoms with Crippen LogP contribution in [0.3, 0.4) is 0 Å². The van der Waals surface area contributed by atoms with Gasteiger partial charge in [0.25, 0.3) is 0 Å². The Morgan fingerprint density at radius 2 is 2.15 bits per heavy atom. The lowest BCUT2D eigenvalue weighted by molar-refractivity contribution is 0.507. The highest BCUT2D eigenvalue weighted by molar-refractivity contribution is 9.10. The number of halogens is 1. The topological polar surface area (TPSA) is 28.4 Å². The quantitative estimate of drug-likeness (QED) is 0.769. The first-order valence-corrected chi connectivity index (χ1v) is 7.72. The molecular formula is C16H21BrN2O. The maximum atomic E-state index is 5.43. The first kappa shape index (κ1) is 15.1. The zero-order valence-corrected chi connectivity index (χ0v) is 13.6. The molecule has 0 spiro atoms. The lowest BCUT2D eigenvalue weighted by Crippen LogP contribution is -2.21. The third kappa shape index (κ3) is 4.12. The second-order valence-corrected chi connectivity index (χ2v) is 5.80. The summed E-state index contributed by atoms with van der Waals surface area (Å²) in [4.78, 5) is 2.21. The Bertz CT molecular complexity index is 525. The van der Waals surface area contributed by atoms with Crippen LogP contribution in [-0.4, -0.2) is 13.6 Å². The molecule has 1 heterocycles. The van der Waals surface area contributed by atoms with Crippen LogP contribution >= 0.6 is 15.9 Å². The van der Waals surface area contributed by atoms with Gasteiger partial charge in [0.15, 0.2) is 0 Å². The van der Waals surface area contributed by atoms with E-state index in [4.69, 9.17) is 4.42 Å². The molecule has 108 valence electrons. The Hall–Kier alpha value is -1.26. The molecule has 0 saturated heterocycles. The summed E-state index contributed by atoms with van der Waals surface area (Å²) in [5.74, 6) is 0.972. The maximum Gasteiger partial charge on any atom is 0.123 e. The van der Waals surface area contributed by atoms with Crippen LogP contribution in [0.5, 0.6) is 0 Å². The van der Waals surface area contributed by atoms with Gasteiger partial charge in [0, 0.05) is 23.8 Å². The number of anilines is 1. The van der Waals surface area contributed by atoms with Crippen molar-refractivity contribution in [3.05, 3.63) is 52.4 Å². The van der Waals surface area contributed by atoms with Crippen molar-refractivity contribution in [2.75, 3.05) is 18.5 Å². The summed E-state index contributed by atoms with van der Waals surface area (Å²) in [6, 6.07) is 10.3. The van der Waals surface area contributed by atoms with E-state index >= 15 is 0 Å². The Balaban J connectivity index is 2.13. The summed E-state index contributed by atoms with van der Waals surface area (Å²) in [5, 5.41) is 3.46. The Labute approximate surface area is 129 Å². The second kappa shape index (κ2) is 7.50. The number of furan rings is 1. The lowest BCUT2D eigenvalue weighted by atomic mass is 10.1. The minimum atomic E-state index is 0.768. The van der Waals surface area contributed by atoms with Crippen molar-refractivity contribution in [2.45, 2.75) is 26.4 Å². The summed E-state index contributed by atoms with van der Waals surface area (Å²) >= 11 is 3.55. The highest BCUT2D eigenvalue weighted by Gasteiger charge is 2.10. The van der Waals surface area contributed by atoms with E-state index in [1.165, 1.54) is 11.3 Å². The van der Waals surface area contributed by atoms with E-state index in [0.29, 0.717) is 0 Å². The molecule has 0 aliphatic heterocycles. The minimum Gasteiger partial charge on any atom is -0.467 e. The van der Waals surface area contributed by atoms with Crippen molar-refractivity contribution < 1.29 is 4.42 Å². The molecule has 2 rings (SSSR count). The summed E-state index contributed by atoms with van der Waals surface area (Å²) in [5.41, 5.74) is 2.52. The van der Waals surface area contributed by atoms with E-state index in [9.17, 15) is 0 Å². The maximum absolute atomic E-state index is 5.43. The van der Waals surface area contributed by atoms with Gasteiger partial charge in [-0.05, 0) is 42.8 Å². The fourth-order valence-corrected chi connectivity index (χ4v) is 2.51. The van der Waals surface area contributed by atoms with E-state index in [-0.39, 0.29) is 0 Å². The predicted octanol–water partition coefficient (Wildman–Crippen LogP) is 4.18. The van der Waals surface area contributed by atoms with Gasteiger partial charge in [-0.3, -0.25) is 0 Å². The van der Waals surface area contributed by atoms with E-state index in [1.54, 1.807) is 6.26 Å². The average molecular weight is 337 g/mol. The highest BCUT2D eigenvalue weighted by atomic mass is 79.9. The van der Waals surface area contributed by atoms with Gasteiger partial charge in [0.05, 0.1) is 12.8 Å². The van der Waals surface area contributed by atoms with Crippen molar-refractivity contribution in [3.63, 3.8) is 0 Å². The molecule has 1 aromatic carbocycles. The molecule has 0 unspecified atom stereocenters. The molecule has 4 heteroatoms. The fraction of sp³-hybridized carbons (Fsp3) is 0.375. The molecule has 0 aliphatic carbocycles. The molecular weight excluding hydrogens is 316 g/mol. The summed E-state index contributed by atoms with van der Waals surface area (Å²) in [6.07, 6.45) is 2.86. The van der Waals surface area contributed by atoms with Crippen LogP contribution in [0.25, 0.3) is 0 Å². The molecule has 0 saturated carbocycles. The van der Waals surface area contributed by atoms with Gasteiger partial charge in [-0.15, -0.1) is 0 Å². The molecule has 0 fully saturated rings. The number of hydrogen-bond acceptors (Lipinski definition) is 3. The second-order valence-electron chi connectivity index (χ2n) is 4.89. The third-order valence-corrected chi connectivity index (χ3v) is 3.67. The van der Waals surface area contributed by atoms with Crippen molar-refractivity contribution in [3.8, 4) is 0 Å². The molecule has 0 bridgehead atoms. The van der Waals surface area contributed by atoms with Crippen LogP contribution in [0.2, 0.25) is 0 Å².